The number of allylic oxidation sites excluding steroid dienone is 1. The number of halogens is 3. The first-order valence-electron chi connectivity index (χ1n) is 7.39. The molecule has 0 amide bonds. The van der Waals surface area contributed by atoms with Crippen molar-refractivity contribution >= 4 is 45.8 Å². The van der Waals surface area contributed by atoms with Crippen molar-refractivity contribution in [1.29, 1.82) is 0 Å². The van der Waals surface area contributed by atoms with E-state index >= 15 is 0 Å². The number of fused-ring (bicyclic) bond motifs is 2. The van der Waals surface area contributed by atoms with Gasteiger partial charge in [-0.3, -0.25) is 9.36 Å². The van der Waals surface area contributed by atoms with Gasteiger partial charge < -0.3 is 0 Å². The van der Waals surface area contributed by atoms with Crippen LogP contribution in [0, 0.1) is 5.82 Å². The van der Waals surface area contributed by atoms with E-state index in [0.29, 0.717) is 45.3 Å². The molecule has 0 radical (unpaired) electrons. The van der Waals surface area contributed by atoms with Crippen molar-refractivity contribution in [3.63, 3.8) is 0 Å². The number of rotatable bonds is 1. The standard InChI is InChI=1S/C18H11Cl2FN2O/c19-11-4-5-12-16(9-11)22-17-10(6-7-23(17)18(12)24)8-13-14(20)2-1-3-15(13)21/h1-5,8-9H,6-7H2/b10-8+. The zero-order valence-corrected chi connectivity index (χ0v) is 13.9. The molecule has 0 saturated carbocycles. The van der Waals surface area contributed by atoms with Crippen LogP contribution < -0.4 is 5.56 Å². The van der Waals surface area contributed by atoms with Crippen LogP contribution >= 0.6 is 23.2 Å². The van der Waals surface area contributed by atoms with Crippen LogP contribution in [0.1, 0.15) is 17.8 Å². The van der Waals surface area contributed by atoms with E-state index in [0.717, 1.165) is 5.57 Å². The quantitative estimate of drug-likeness (QED) is 0.625. The van der Waals surface area contributed by atoms with E-state index in [1.807, 2.05) is 0 Å². The molecule has 120 valence electrons. The predicted molar refractivity (Wildman–Crippen MR) is 94.9 cm³/mol. The van der Waals surface area contributed by atoms with Crippen LogP contribution in [0.4, 0.5) is 4.39 Å². The van der Waals surface area contributed by atoms with Crippen LogP contribution in [0.5, 0.6) is 0 Å². The Morgan fingerprint density at radius 1 is 1.21 bits per heavy atom. The molecule has 4 rings (SSSR count). The SMILES string of the molecule is O=c1c2ccc(Cl)cc2nc2n1CC/C2=C\c1c(F)cccc1Cl. The summed E-state index contributed by atoms with van der Waals surface area (Å²) in [6, 6.07) is 9.55. The van der Waals surface area contributed by atoms with Crippen LogP contribution in [-0.2, 0) is 6.54 Å². The summed E-state index contributed by atoms with van der Waals surface area (Å²) in [5.74, 6) is 0.133. The third kappa shape index (κ3) is 2.43. The molecule has 24 heavy (non-hydrogen) atoms. The van der Waals surface area contributed by atoms with Crippen molar-refractivity contribution in [3.05, 3.63) is 74.0 Å². The molecule has 1 aliphatic heterocycles. The van der Waals surface area contributed by atoms with E-state index in [4.69, 9.17) is 23.2 Å². The molecule has 0 saturated heterocycles. The maximum atomic E-state index is 14.0. The third-order valence-corrected chi connectivity index (χ3v) is 4.69. The Morgan fingerprint density at radius 2 is 2.04 bits per heavy atom. The molecule has 0 unspecified atom stereocenters. The average Bonchev–Trinajstić information content (AvgIpc) is 2.94. The maximum absolute atomic E-state index is 14.0. The second kappa shape index (κ2) is 5.72. The van der Waals surface area contributed by atoms with Crippen LogP contribution in [0.3, 0.4) is 0 Å². The normalized spacial score (nSPS) is 15.2. The molecule has 2 heterocycles. The number of hydrogen-bond donors (Lipinski definition) is 0. The number of hydrogen-bond acceptors (Lipinski definition) is 2. The molecule has 0 atom stereocenters. The van der Waals surface area contributed by atoms with Crippen LogP contribution in [-0.4, -0.2) is 9.55 Å². The minimum Gasteiger partial charge on any atom is -0.292 e. The molecule has 6 heteroatoms. The summed E-state index contributed by atoms with van der Waals surface area (Å²) in [4.78, 5) is 17.2. The smallest absolute Gasteiger partial charge is 0.261 e. The van der Waals surface area contributed by atoms with Crippen molar-refractivity contribution in [2.75, 3.05) is 0 Å². The third-order valence-electron chi connectivity index (χ3n) is 4.13. The highest BCUT2D eigenvalue weighted by Crippen LogP contribution is 2.31. The average molecular weight is 361 g/mol. The highest BCUT2D eigenvalue weighted by Gasteiger charge is 2.21. The first-order valence-corrected chi connectivity index (χ1v) is 8.15. The lowest BCUT2D eigenvalue weighted by Gasteiger charge is -2.06. The maximum Gasteiger partial charge on any atom is 0.261 e. The van der Waals surface area contributed by atoms with Crippen molar-refractivity contribution in [1.82, 2.24) is 9.55 Å². The van der Waals surface area contributed by atoms with Crippen molar-refractivity contribution in [2.24, 2.45) is 0 Å². The van der Waals surface area contributed by atoms with Gasteiger partial charge in [0.15, 0.2) is 0 Å². The Bertz CT molecular complexity index is 1050. The minimum absolute atomic E-state index is 0.116. The van der Waals surface area contributed by atoms with Crippen LogP contribution in [0.15, 0.2) is 41.2 Å². The van der Waals surface area contributed by atoms with Gasteiger partial charge in [-0.15, -0.1) is 0 Å². The van der Waals surface area contributed by atoms with Gasteiger partial charge in [0.2, 0.25) is 0 Å². The lowest BCUT2D eigenvalue weighted by atomic mass is 10.1. The molecule has 3 aromatic rings. The predicted octanol–water partition coefficient (Wildman–Crippen LogP) is 4.79. The summed E-state index contributed by atoms with van der Waals surface area (Å²) in [5.41, 5.74) is 1.50. The first kappa shape index (κ1) is 15.4. The molecule has 0 N–H and O–H groups in total. The Hall–Kier alpha value is -2.17. The molecule has 2 aromatic carbocycles. The molecule has 0 bridgehead atoms. The summed E-state index contributed by atoms with van der Waals surface area (Å²) in [6.07, 6.45) is 2.26. The second-order valence-corrected chi connectivity index (χ2v) is 6.45. The highest BCUT2D eigenvalue weighted by atomic mass is 35.5. The van der Waals surface area contributed by atoms with E-state index in [1.165, 1.54) is 6.07 Å². The van der Waals surface area contributed by atoms with Gasteiger partial charge in [0, 0.05) is 17.1 Å². The molecular formula is C18H11Cl2FN2O. The number of nitrogens with zero attached hydrogens (tertiary/aromatic N) is 2. The van der Waals surface area contributed by atoms with E-state index in [1.54, 1.807) is 41.0 Å². The van der Waals surface area contributed by atoms with E-state index < -0.39 is 5.82 Å². The molecule has 0 spiro atoms. The van der Waals surface area contributed by atoms with Gasteiger partial charge in [0.05, 0.1) is 15.9 Å². The van der Waals surface area contributed by atoms with Gasteiger partial charge >= 0.3 is 0 Å². The largest absolute Gasteiger partial charge is 0.292 e. The molecule has 0 fully saturated rings. The van der Waals surface area contributed by atoms with E-state index in [-0.39, 0.29) is 5.56 Å². The summed E-state index contributed by atoms with van der Waals surface area (Å²) in [5, 5.41) is 1.36. The zero-order valence-electron chi connectivity index (χ0n) is 12.4. The molecule has 1 aliphatic rings. The summed E-state index contributed by atoms with van der Waals surface area (Å²) < 4.78 is 15.6. The highest BCUT2D eigenvalue weighted by molar-refractivity contribution is 6.32. The van der Waals surface area contributed by atoms with Gasteiger partial charge in [-0.25, -0.2) is 9.37 Å². The number of benzene rings is 2. The Labute approximate surface area is 147 Å². The second-order valence-electron chi connectivity index (χ2n) is 5.61. The fourth-order valence-corrected chi connectivity index (χ4v) is 3.33. The molecule has 1 aromatic heterocycles. The van der Waals surface area contributed by atoms with Gasteiger partial charge in [0.1, 0.15) is 11.6 Å². The Morgan fingerprint density at radius 3 is 2.83 bits per heavy atom. The van der Waals surface area contributed by atoms with E-state index in [2.05, 4.69) is 4.98 Å². The topological polar surface area (TPSA) is 34.9 Å². The van der Waals surface area contributed by atoms with Gasteiger partial charge in [-0.1, -0.05) is 29.3 Å². The lowest BCUT2D eigenvalue weighted by Crippen LogP contribution is -2.20. The zero-order chi connectivity index (χ0) is 16.8. The fraction of sp³-hybridized carbons (Fsp3) is 0.111. The van der Waals surface area contributed by atoms with Crippen LogP contribution in [0.25, 0.3) is 22.6 Å². The first-order chi connectivity index (χ1) is 11.5. The summed E-state index contributed by atoms with van der Waals surface area (Å²) in [6.45, 7) is 0.512. The van der Waals surface area contributed by atoms with Gasteiger partial charge in [0.25, 0.3) is 5.56 Å². The summed E-state index contributed by atoms with van der Waals surface area (Å²) >= 11 is 12.1. The minimum atomic E-state index is -0.403. The van der Waals surface area contributed by atoms with Crippen molar-refractivity contribution < 1.29 is 4.39 Å². The Kier molecular flexibility index (Phi) is 3.66. The number of aromatic nitrogens is 2. The lowest BCUT2D eigenvalue weighted by molar-refractivity contribution is 0.625. The fourth-order valence-electron chi connectivity index (χ4n) is 2.95. The Balaban J connectivity index is 1.95. The van der Waals surface area contributed by atoms with Gasteiger partial charge in [-0.2, -0.15) is 0 Å². The molecular weight excluding hydrogens is 350 g/mol. The van der Waals surface area contributed by atoms with Crippen LogP contribution in [0.2, 0.25) is 10.0 Å². The van der Waals surface area contributed by atoms with Gasteiger partial charge in [-0.05, 0) is 48.4 Å². The van der Waals surface area contributed by atoms with Crippen molar-refractivity contribution in [2.45, 2.75) is 13.0 Å². The van der Waals surface area contributed by atoms with Crippen molar-refractivity contribution in [3.8, 4) is 0 Å². The molecule has 3 nitrogen and oxygen atoms in total. The van der Waals surface area contributed by atoms with E-state index in [9.17, 15) is 9.18 Å². The summed E-state index contributed by atoms with van der Waals surface area (Å²) in [7, 11) is 0. The molecule has 0 aliphatic carbocycles. The monoisotopic (exact) mass is 360 g/mol.